The first kappa shape index (κ1) is 11.7. The first-order chi connectivity index (χ1) is 5.67. The third-order valence-electron chi connectivity index (χ3n) is 2.52. The van der Waals surface area contributed by atoms with Gasteiger partial charge in [0.15, 0.2) is 0 Å². The quantitative estimate of drug-likeness (QED) is 0.579. The van der Waals surface area contributed by atoms with E-state index in [0.29, 0.717) is 5.92 Å². The summed E-state index contributed by atoms with van der Waals surface area (Å²) in [6, 6.07) is 0. The lowest BCUT2D eigenvalue weighted by atomic mass is 9.88. The summed E-state index contributed by atoms with van der Waals surface area (Å²) in [5, 5.41) is 0. The van der Waals surface area contributed by atoms with Crippen LogP contribution in [0.4, 0.5) is 4.39 Å². The van der Waals surface area contributed by atoms with Gasteiger partial charge in [-0.1, -0.05) is 40.2 Å². The van der Waals surface area contributed by atoms with Gasteiger partial charge < -0.3 is 0 Å². The van der Waals surface area contributed by atoms with Gasteiger partial charge in [-0.2, -0.15) is 0 Å². The van der Waals surface area contributed by atoms with Crippen molar-refractivity contribution in [1.82, 2.24) is 0 Å². The second-order valence-corrected chi connectivity index (χ2v) is 3.40. The molecular formula is C11H21F. The molecule has 0 bridgehead atoms. The standard InChI is InChI=1S/C11H21F/c1-5-8-11(12)10(7-3)9(4)6-2/h8-10H,5-7H2,1-4H3/b11-8+. The fourth-order valence-corrected chi connectivity index (χ4v) is 1.50. The molecule has 0 saturated heterocycles. The molecule has 2 unspecified atom stereocenters. The molecule has 0 aromatic rings. The summed E-state index contributed by atoms with van der Waals surface area (Å²) in [6.45, 7) is 8.27. The monoisotopic (exact) mass is 172 g/mol. The lowest BCUT2D eigenvalue weighted by molar-refractivity contribution is 0.328. The summed E-state index contributed by atoms with van der Waals surface area (Å²) in [5.41, 5.74) is 0. The smallest absolute Gasteiger partial charge is 0.0993 e. The van der Waals surface area contributed by atoms with Crippen molar-refractivity contribution in [2.75, 3.05) is 0 Å². The molecule has 0 aliphatic rings. The zero-order chi connectivity index (χ0) is 9.56. The minimum Gasteiger partial charge on any atom is -0.212 e. The summed E-state index contributed by atoms with van der Waals surface area (Å²) in [7, 11) is 0. The molecule has 72 valence electrons. The van der Waals surface area contributed by atoms with Crippen LogP contribution >= 0.6 is 0 Å². The van der Waals surface area contributed by atoms with Crippen LogP contribution in [-0.2, 0) is 0 Å². The van der Waals surface area contributed by atoms with E-state index in [4.69, 9.17) is 0 Å². The summed E-state index contributed by atoms with van der Waals surface area (Å²) in [5.74, 6) is 0.710. The Hall–Kier alpha value is -0.330. The molecule has 0 aromatic heterocycles. The van der Waals surface area contributed by atoms with Crippen LogP contribution in [0.25, 0.3) is 0 Å². The lowest BCUT2D eigenvalue weighted by Gasteiger charge is -2.19. The van der Waals surface area contributed by atoms with Crippen LogP contribution in [0.1, 0.15) is 47.0 Å². The molecule has 0 radical (unpaired) electrons. The van der Waals surface area contributed by atoms with Gasteiger partial charge in [0.2, 0.25) is 0 Å². The molecule has 1 heteroatoms. The molecule has 0 heterocycles. The fourth-order valence-electron chi connectivity index (χ4n) is 1.50. The van der Waals surface area contributed by atoms with Crippen molar-refractivity contribution in [3.8, 4) is 0 Å². The van der Waals surface area contributed by atoms with Crippen LogP contribution < -0.4 is 0 Å². The molecule has 0 fully saturated rings. The fraction of sp³-hybridized carbons (Fsp3) is 0.818. The van der Waals surface area contributed by atoms with Gasteiger partial charge in [0.1, 0.15) is 0 Å². The Balaban J connectivity index is 4.23. The Kier molecular flexibility index (Phi) is 6.04. The number of halogens is 1. The normalized spacial score (nSPS) is 17.6. The topological polar surface area (TPSA) is 0 Å². The molecular weight excluding hydrogens is 151 g/mol. The molecule has 0 aliphatic heterocycles. The summed E-state index contributed by atoms with van der Waals surface area (Å²) in [6.07, 6.45) is 4.49. The van der Waals surface area contributed by atoms with Crippen LogP contribution in [0.5, 0.6) is 0 Å². The van der Waals surface area contributed by atoms with E-state index in [1.165, 1.54) is 0 Å². The lowest BCUT2D eigenvalue weighted by Crippen LogP contribution is -2.10. The van der Waals surface area contributed by atoms with E-state index < -0.39 is 0 Å². The van der Waals surface area contributed by atoms with Crippen LogP contribution in [-0.4, -0.2) is 0 Å². The highest BCUT2D eigenvalue weighted by atomic mass is 19.1. The molecule has 0 N–H and O–H groups in total. The Bertz CT molecular complexity index is 138. The van der Waals surface area contributed by atoms with E-state index in [9.17, 15) is 4.39 Å². The predicted molar refractivity (Wildman–Crippen MR) is 52.7 cm³/mol. The van der Waals surface area contributed by atoms with Gasteiger partial charge in [0, 0.05) is 5.92 Å². The molecule has 2 atom stereocenters. The van der Waals surface area contributed by atoms with Crippen molar-refractivity contribution >= 4 is 0 Å². The Morgan fingerprint density at radius 2 is 1.83 bits per heavy atom. The van der Waals surface area contributed by atoms with E-state index in [1.807, 2.05) is 6.92 Å². The third kappa shape index (κ3) is 3.38. The predicted octanol–water partition coefficient (Wildman–Crippen LogP) is 4.32. The second-order valence-electron chi connectivity index (χ2n) is 3.40. The summed E-state index contributed by atoms with van der Waals surface area (Å²) < 4.78 is 13.4. The average molecular weight is 172 g/mol. The zero-order valence-electron chi connectivity index (χ0n) is 8.73. The molecule has 0 spiro atoms. The maximum Gasteiger partial charge on any atom is 0.0993 e. The first-order valence-electron chi connectivity index (χ1n) is 5.02. The van der Waals surface area contributed by atoms with Crippen molar-refractivity contribution in [3.63, 3.8) is 0 Å². The maximum absolute atomic E-state index is 13.4. The van der Waals surface area contributed by atoms with Crippen LogP contribution in [0.3, 0.4) is 0 Å². The van der Waals surface area contributed by atoms with Crippen molar-refractivity contribution in [3.05, 3.63) is 11.9 Å². The van der Waals surface area contributed by atoms with E-state index in [2.05, 4.69) is 20.8 Å². The molecule has 0 nitrogen and oxygen atoms in total. The molecule has 0 amide bonds. The number of rotatable bonds is 5. The highest BCUT2D eigenvalue weighted by Gasteiger charge is 2.17. The zero-order valence-corrected chi connectivity index (χ0v) is 8.73. The van der Waals surface area contributed by atoms with Crippen LogP contribution in [0.2, 0.25) is 0 Å². The number of hydrogen-bond acceptors (Lipinski definition) is 0. The van der Waals surface area contributed by atoms with Gasteiger partial charge in [-0.15, -0.1) is 0 Å². The highest BCUT2D eigenvalue weighted by Crippen LogP contribution is 2.27. The summed E-state index contributed by atoms with van der Waals surface area (Å²) in [4.78, 5) is 0. The molecule has 0 aliphatic carbocycles. The highest BCUT2D eigenvalue weighted by molar-refractivity contribution is 4.98. The average Bonchev–Trinajstić information content (AvgIpc) is 2.06. The van der Waals surface area contributed by atoms with E-state index in [0.717, 1.165) is 19.3 Å². The largest absolute Gasteiger partial charge is 0.212 e. The van der Waals surface area contributed by atoms with Gasteiger partial charge in [-0.05, 0) is 18.8 Å². The van der Waals surface area contributed by atoms with Crippen molar-refractivity contribution < 1.29 is 4.39 Å². The van der Waals surface area contributed by atoms with Crippen molar-refractivity contribution in [2.45, 2.75) is 47.0 Å². The minimum absolute atomic E-state index is 0.0920. The van der Waals surface area contributed by atoms with Gasteiger partial charge in [0.25, 0.3) is 0 Å². The van der Waals surface area contributed by atoms with Gasteiger partial charge in [-0.25, -0.2) is 4.39 Å². The van der Waals surface area contributed by atoms with Gasteiger partial charge in [-0.3, -0.25) is 0 Å². The summed E-state index contributed by atoms with van der Waals surface area (Å²) >= 11 is 0. The van der Waals surface area contributed by atoms with Crippen LogP contribution in [0, 0.1) is 11.8 Å². The minimum atomic E-state index is 0.0920. The molecule has 12 heavy (non-hydrogen) atoms. The Labute approximate surface area is 75.9 Å². The number of allylic oxidation sites excluding steroid dienone is 2. The van der Waals surface area contributed by atoms with Gasteiger partial charge in [0.05, 0.1) is 5.83 Å². The Morgan fingerprint density at radius 1 is 1.25 bits per heavy atom. The molecule has 0 saturated carbocycles. The molecule has 0 aromatic carbocycles. The van der Waals surface area contributed by atoms with E-state index in [1.54, 1.807) is 6.08 Å². The van der Waals surface area contributed by atoms with Crippen molar-refractivity contribution in [1.29, 1.82) is 0 Å². The van der Waals surface area contributed by atoms with Gasteiger partial charge >= 0.3 is 0 Å². The van der Waals surface area contributed by atoms with Crippen molar-refractivity contribution in [2.24, 2.45) is 11.8 Å². The van der Waals surface area contributed by atoms with E-state index >= 15 is 0 Å². The second kappa shape index (κ2) is 6.22. The Morgan fingerprint density at radius 3 is 2.17 bits per heavy atom. The first-order valence-corrected chi connectivity index (χ1v) is 5.02. The third-order valence-corrected chi connectivity index (χ3v) is 2.52. The SMILES string of the molecule is CC/C=C(/F)C(CC)C(C)CC. The maximum atomic E-state index is 13.4. The van der Waals surface area contributed by atoms with Crippen LogP contribution in [0.15, 0.2) is 11.9 Å². The van der Waals surface area contributed by atoms with E-state index in [-0.39, 0.29) is 11.7 Å². The number of hydrogen-bond donors (Lipinski definition) is 0. The molecule has 0 rings (SSSR count).